The molecule has 0 bridgehead atoms. The molecule has 0 aliphatic rings. The molecule has 1 aromatic heterocycles. The molecule has 0 spiro atoms. The molecule has 0 atom stereocenters. The molecule has 3 rings (SSSR count). The van der Waals surface area contributed by atoms with Crippen molar-refractivity contribution in [2.75, 3.05) is 7.11 Å². The number of benzene rings is 2. The zero-order valence-corrected chi connectivity index (χ0v) is 15.2. The molecule has 0 unspecified atom stereocenters. The van der Waals surface area contributed by atoms with Crippen LogP contribution >= 0.6 is 22.9 Å². The fraction of sp³-hybridized carbons (Fsp3) is 0.111. The zero-order valence-electron chi connectivity index (χ0n) is 13.6. The molecule has 5 nitrogen and oxygen atoms in total. The molecular weight excluding hydrogens is 379 g/mol. The number of rotatable bonds is 4. The summed E-state index contributed by atoms with van der Waals surface area (Å²) in [6, 6.07) is 10.9. The molecule has 0 radical (unpaired) electrons. The smallest absolute Gasteiger partial charge is 0.280 e. The van der Waals surface area contributed by atoms with E-state index in [-0.39, 0.29) is 11.5 Å². The lowest BCUT2D eigenvalue weighted by molar-refractivity contribution is 0.0847. The van der Waals surface area contributed by atoms with Gasteiger partial charge < -0.3 is 4.74 Å². The zero-order chi connectivity index (χ0) is 18.7. The quantitative estimate of drug-likeness (QED) is 0.661. The molecule has 134 valence electrons. The van der Waals surface area contributed by atoms with Crippen LogP contribution in [0.2, 0.25) is 5.02 Å². The van der Waals surface area contributed by atoms with Crippen molar-refractivity contribution in [3.8, 4) is 0 Å². The van der Waals surface area contributed by atoms with Crippen molar-refractivity contribution in [3.63, 3.8) is 0 Å². The highest BCUT2D eigenvalue weighted by Gasteiger charge is 2.21. The normalized spacial score (nSPS) is 10.7. The number of hydrogen-bond donors (Lipinski definition) is 2. The van der Waals surface area contributed by atoms with Gasteiger partial charge >= 0.3 is 0 Å². The SMILES string of the molecule is COCc1c(C(=O)NNC(=O)c2ccc(Cl)cc2)sc2cccc(F)c12. The Kier molecular flexibility index (Phi) is 5.51. The molecular formula is C18H14ClFN2O3S. The number of thiophene rings is 1. The van der Waals surface area contributed by atoms with Crippen LogP contribution in [0.15, 0.2) is 42.5 Å². The number of nitrogens with one attached hydrogen (secondary N) is 2. The summed E-state index contributed by atoms with van der Waals surface area (Å²) in [6.07, 6.45) is 0. The summed E-state index contributed by atoms with van der Waals surface area (Å²) in [4.78, 5) is 24.9. The minimum Gasteiger partial charge on any atom is -0.380 e. The van der Waals surface area contributed by atoms with Crippen molar-refractivity contribution < 1.29 is 18.7 Å². The van der Waals surface area contributed by atoms with Crippen LogP contribution in [0.25, 0.3) is 10.1 Å². The molecule has 1 heterocycles. The van der Waals surface area contributed by atoms with E-state index in [1.165, 1.54) is 25.3 Å². The number of hydrogen-bond acceptors (Lipinski definition) is 4. The third-order valence-corrected chi connectivity index (χ3v) is 5.10. The molecule has 0 saturated heterocycles. The molecule has 0 aliphatic heterocycles. The first-order valence-electron chi connectivity index (χ1n) is 7.56. The highest BCUT2D eigenvalue weighted by molar-refractivity contribution is 7.21. The Bertz CT molecular complexity index is 972. The van der Waals surface area contributed by atoms with Gasteiger partial charge in [-0.3, -0.25) is 20.4 Å². The lowest BCUT2D eigenvalue weighted by atomic mass is 10.1. The van der Waals surface area contributed by atoms with Crippen LogP contribution in [0.4, 0.5) is 4.39 Å². The number of fused-ring (bicyclic) bond motifs is 1. The summed E-state index contributed by atoms with van der Waals surface area (Å²) >= 11 is 6.91. The third kappa shape index (κ3) is 3.70. The van der Waals surface area contributed by atoms with Gasteiger partial charge in [0, 0.05) is 33.3 Å². The highest BCUT2D eigenvalue weighted by Crippen LogP contribution is 2.33. The van der Waals surface area contributed by atoms with E-state index in [0.717, 1.165) is 11.3 Å². The Morgan fingerprint density at radius 2 is 1.81 bits per heavy atom. The molecule has 0 saturated carbocycles. The third-order valence-electron chi connectivity index (χ3n) is 3.65. The van der Waals surface area contributed by atoms with Gasteiger partial charge in [0.1, 0.15) is 10.7 Å². The Balaban J connectivity index is 1.81. The molecule has 3 aromatic rings. The van der Waals surface area contributed by atoms with Gasteiger partial charge in [0.15, 0.2) is 0 Å². The maximum Gasteiger partial charge on any atom is 0.280 e. The number of ether oxygens (including phenoxy) is 1. The van der Waals surface area contributed by atoms with Gasteiger partial charge in [-0.15, -0.1) is 11.3 Å². The number of methoxy groups -OCH3 is 1. The maximum absolute atomic E-state index is 14.2. The number of amides is 2. The van der Waals surface area contributed by atoms with Gasteiger partial charge in [-0.25, -0.2) is 4.39 Å². The molecule has 0 fully saturated rings. The number of carbonyl (C=O) groups excluding carboxylic acids is 2. The molecule has 0 aliphatic carbocycles. The van der Waals surface area contributed by atoms with Crippen molar-refractivity contribution in [2.24, 2.45) is 0 Å². The van der Waals surface area contributed by atoms with Gasteiger partial charge in [-0.05, 0) is 36.4 Å². The lowest BCUT2D eigenvalue weighted by Crippen LogP contribution is -2.41. The lowest BCUT2D eigenvalue weighted by Gasteiger charge is -2.08. The molecule has 8 heteroatoms. The van der Waals surface area contributed by atoms with Crippen LogP contribution in [0, 0.1) is 5.82 Å². The second-order valence-corrected chi connectivity index (χ2v) is 6.86. The van der Waals surface area contributed by atoms with Crippen molar-refractivity contribution in [2.45, 2.75) is 6.61 Å². The van der Waals surface area contributed by atoms with Crippen LogP contribution in [0.5, 0.6) is 0 Å². The average molecular weight is 393 g/mol. The van der Waals surface area contributed by atoms with Crippen molar-refractivity contribution in [3.05, 3.63) is 69.3 Å². The van der Waals surface area contributed by atoms with E-state index in [0.29, 0.717) is 26.2 Å². The van der Waals surface area contributed by atoms with E-state index in [2.05, 4.69) is 10.9 Å². The fourth-order valence-electron chi connectivity index (χ4n) is 2.48. The van der Waals surface area contributed by atoms with E-state index >= 15 is 0 Å². The first-order valence-corrected chi connectivity index (χ1v) is 8.75. The standard InChI is InChI=1S/C18H14ClFN2O3S/c1-25-9-12-15-13(20)3-2-4-14(15)26-16(12)18(24)22-21-17(23)10-5-7-11(19)8-6-10/h2-8H,9H2,1H3,(H,21,23)(H,22,24). The number of carbonyl (C=O) groups is 2. The summed E-state index contributed by atoms with van der Waals surface area (Å²) in [7, 11) is 1.47. The summed E-state index contributed by atoms with van der Waals surface area (Å²) in [5.41, 5.74) is 5.48. The first kappa shape index (κ1) is 18.3. The Morgan fingerprint density at radius 3 is 2.50 bits per heavy atom. The second kappa shape index (κ2) is 7.82. The van der Waals surface area contributed by atoms with E-state index < -0.39 is 17.6 Å². The largest absolute Gasteiger partial charge is 0.380 e. The summed E-state index contributed by atoms with van der Waals surface area (Å²) in [6.45, 7) is 0.0782. The monoisotopic (exact) mass is 392 g/mol. The van der Waals surface area contributed by atoms with Crippen molar-refractivity contribution in [1.82, 2.24) is 10.9 Å². The summed E-state index contributed by atoms with van der Waals surface area (Å²) in [5.74, 6) is -1.45. The van der Waals surface area contributed by atoms with E-state index in [4.69, 9.17) is 16.3 Å². The van der Waals surface area contributed by atoms with Crippen LogP contribution in [-0.2, 0) is 11.3 Å². The molecule has 2 aromatic carbocycles. The summed E-state index contributed by atoms with van der Waals surface area (Å²) in [5, 5.41) is 0.857. The fourth-order valence-corrected chi connectivity index (χ4v) is 3.72. The summed E-state index contributed by atoms with van der Waals surface area (Å²) < 4.78 is 19.9. The predicted octanol–water partition coefficient (Wildman–Crippen LogP) is 3.92. The molecule has 26 heavy (non-hydrogen) atoms. The van der Waals surface area contributed by atoms with E-state index in [9.17, 15) is 14.0 Å². The topological polar surface area (TPSA) is 67.4 Å². The van der Waals surface area contributed by atoms with E-state index in [1.54, 1.807) is 24.3 Å². The van der Waals surface area contributed by atoms with Crippen molar-refractivity contribution in [1.29, 1.82) is 0 Å². The number of hydrazine groups is 1. The second-order valence-electron chi connectivity index (χ2n) is 5.37. The number of halogens is 2. The van der Waals surface area contributed by atoms with Crippen LogP contribution in [0.1, 0.15) is 25.6 Å². The average Bonchev–Trinajstić information content (AvgIpc) is 3.00. The van der Waals surface area contributed by atoms with Crippen LogP contribution in [-0.4, -0.2) is 18.9 Å². The highest BCUT2D eigenvalue weighted by atomic mass is 35.5. The Labute approximate surface area is 157 Å². The predicted molar refractivity (Wildman–Crippen MR) is 98.9 cm³/mol. The molecule has 2 N–H and O–H groups in total. The van der Waals surface area contributed by atoms with Gasteiger partial charge in [0.2, 0.25) is 0 Å². The first-order chi connectivity index (χ1) is 12.5. The van der Waals surface area contributed by atoms with E-state index in [1.807, 2.05) is 0 Å². The minimum atomic E-state index is -0.542. The Hall–Kier alpha value is -2.48. The minimum absolute atomic E-state index is 0.0782. The van der Waals surface area contributed by atoms with Gasteiger partial charge in [-0.2, -0.15) is 0 Å². The van der Waals surface area contributed by atoms with Crippen LogP contribution < -0.4 is 10.9 Å². The van der Waals surface area contributed by atoms with Gasteiger partial charge in [0.05, 0.1) is 6.61 Å². The van der Waals surface area contributed by atoms with Crippen LogP contribution in [0.3, 0.4) is 0 Å². The van der Waals surface area contributed by atoms with Crippen molar-refractivity contribution >= 4 is 44.8 Å². The molecule has 2 amide bonds. The van der Waals surface area contributed by atoms with Gasteiger partial charge in [0.25, 0.3) is 11.8 Å². The Morgan fingerprint density at radius 1 is 1.12 bits per heavy atom. The van der Waals surface area contributed by atoms with Gasteiger partial charge in [-0.1, -0.05) is 17.7 Å². The maximum atomic E-state index is 14.2.